The number of ether oxygens (including phenoxy) is 2. The van der Waals surface area contributed by atoms with Crippen LogP contribution in [-0.4, -0.2) is 104 Å². The molecule has 13 nitrogen and oxygen atoms in total. The standard InChI is InChI=1S/C21H22B3N9O4/c1-32-10-25-18(31-32)12-5-4-6-13(17(12)37-3)26-14-7-15(27-20(35)33-8-11(9-33)36-2)29-30-16(14)19(34)28-21(22,23)24/h4-7,10-11H,8-9H2,1-3H3,(H,28,34)(H2,26,27,29,35). The fourth-order valence-corrected chi connectivity index (χ4v) is 3.55. The Morgan fingerprint density at radius 2 is 1.89 bits per heavy atom. The highest BCUT2D eigenvalue weighted by Gasteiger charge is 2.31. The fraction of sp³-hybridized carbons (Fsp3) is 0.333. The van der Waals surface area contributed by atoms with Crippen molar-refractivity contribution in [2.45, 2.75) is 11.3 Å². The summed E-state index contributed by atoms with van der Waals surface area (Å²) in [7, 11) is 21.4. The predicted molar refractivity (Wildman–Crippen MR) is 137 cm³/mol. The van der Waals surface area contributed by atoms with Crippen LogP contribution in [-0.2, 0) is 11.8 Å². The number of aromatic nitrogens is 5. The number of methoxy groups -OCH3 is 2. The second-order valence-corrected chi connectivity index (χ2v) is 8.33. The molecule has 184 valence electrons. The number of benzene rings is 1. The summed E-state index contributed by atoms with van der Waals surface area (Å²) in [5, 5.41) is 18.2. The molecule has 0 bridgehead atoms. The zero-order valence-electron chi connectivity index (χ0n) is 20.4. The number of urea groups is 1. The summed E-state index contributed by atoms with van der Waals surface area (Å²) >= 11 is 0. The molecular weight excluding hydrogens is 475 g/mol. The molecule has 1 saturated heterocycles. The maximum absolute atomic E-state index is 12.8. The maximum Gasteiger partial charge on any atom is 0.323 e. The lowest BCUT2D eigenvalue weighted by molar-refractivity contribution is -0.00467. The monoisotopic (exact) mass is 497 g/mol. The normalized spacial score (nSPS) is 13.5. The lowest BCUT2D eigenvalue weighted by Gasteiger charge is -2.37. The van der Waals surface area contributed by atoms with E-state index in [1.54, 1.807) is 48.3 Å². The molecule has 3 aromatic rings. The molecule has 0 atom stereocenters. The summed E-state index contributed by atoms with van der Waals surface area (Å²) in [5.41, 5.74) is 1.03. The van der Waals surface area contributed by atoms with Crippen LogP contribution in [0.5, 0.6) is 5.75 Å². The number of hydrogen-bond acceptors (Lipinski definition) is 9. The number of anilines is 3. The highest BCUT2D eigenvalue weighted by Crippen LogP contribution is 2.37. The lowest BCUT2D eigenvalue weighted by atomic mass is 9.49. The SMILES string of the molecule is [B]C([B])([B])NC(=O)c1nnc(NC(=O)N2CC(OC)C2)cc1Nc1cccc(-c2ncn(C)n2)c1OC. The fourth-order valence-electron chi connectivity index (χ4n) is 3.55. The van der Waals surface area contributed by atoms with Gasteiger partial charge in [-0.25, -0.2) is 9.78 Å². The van der Waals surface area contributed by atoms with Crippen molar-refractivity contribution in [2.24, 2.45) is 7.05 Å². The van der Waals surface area contributed by atoms with Crippen LogP contribution in [0.3, 0.4) is 0 Å². The second kappa shape index (κ2) is 10.5. The summed E-state index contributed by atoms with van der Waals surface area (Å²) in [4.78, 5) is 31.2. The highest BCUT2D eigenvalue weighted by atomic mass is 16.5. The van der Waals surface area contributed by atoms with Gasteiger partial charge in [-0.1, -0.05) is 11.3 Å². The molecule has 4 rings (SSSR count). The van der Waals surface area contributed by atoms with Gasteiger partial charge >= 0.3 is 6.03 Å². The van der Waals surface area contributed by atoms with E-state index in [0.29, 0.717) is 35.9 Å². The third-order valence-electron chi connectivity index (χ3n) is 5.37. The number of para-hydroxylation sites is 1. The second-order valence-electron chi connectivity index (χ2n) is 8.33. The third kappa shape index (κ3) is 6.02. The van der Waals surface area contributed by atoms with E-state index in [2.05, 4.69) is 36.2 Å². The summed E-state index contributed by atoms with van der Waals surface area (Å²) in [6, 6.07) is 6.31. The first-order valence-electron chi connectivity index (χ1n) is 11.0. The van der Waals surface area contributed by atoms with E-state index >= 15 is 0 Å². The van der Waals surface area contributed by atoms with Crippen LogP contribution < -0.4 is 20.7 Å². The topological polar surface area (TPSA) is 148 Å². The van der Waals surface area contributed by atoms with Crippen LogP contribution in [0.4, 0.5) is 22.0 Å². The number of carbonyl (C=O) groups excluding carboxylic acids is 2. The molecule has 0 saturated carbocycles. The van der Waals surface area contributed by atoms with Crippen molar-refractivity contribution >= 4 is 52.7 Å². The van der Waals surface area contributed by atoms with E-state index in [0.717, 1.165) is 0 Å². The Bertz CT molecular complexity index is 1310. The van der Waals surface area contributed by atoms with Gasteiger partial charge in [-0.3, -0.25) is 14.8 Å². The number of rotatable bonds is 8. The Morgan fingerprint density at radius 1 is 1.14 bits per heavy atom. The summed E-state index contributed by atoms with van der Waals surface area (Å²) < 4.78 is 12.4. The van der Waals surface area contributed by atoms with E-state index in [9.17, 15) is 9.59 Å². The van der Waals surface area contributed by atoms with Crippen LogP contribution in [0.25, 0.3) is 11.4 Å². The summed E-state index contributed by atoms with van der Waals surface area (Å²) in [6.07, 6.45) is 1.54. The van der Waals surface area contributed by atoms with E-state index < -0.39 is 17.2 Å². The Morgan fingerprint density at radius 3 is 2.51 bits per heavy atom. The molecule has 3 N–H and O–H groups in total. The van der Waals surface area contributed by atoms with Crippen molar-refractivity contribution in [3.05, 3.63) is 36.3 Å². The molecule has 1 fully saturated rings. The van der Waals surface area contributed by atoms with Gasteiger partial charge < -0.3 is 25.0 Å². The number of nitrogens with zero attached hydrogens (tertiary/aromatic N) is 6. The zero-order valence-corrected chi connectivity index (χ0v) is 20.4. The Kier molecular flexibility index (Phi) is 7.39. The maximum atomic E-state index is 12.8. The summed E-state index contributed by atoms with van der Waals surface area (Å²) in [6.45, 7) is 0.886. The van der Waals surface area contributed by atoms with E-state index in [-0.39, 0.29) is 23.3 Å². The van der Waals surface area contributed by atoms with Gasteiger partial charge in [0.2, 0.25) is 0 Å². The molecule has 37 heavy (non-hydrogen) atoms. The first-order valence-corrected chi connectivity index (χ1v) is 11.0. The first-order chi connectivity index (χ1) is 17.6. The van der Waals surface area contributed by atoms with E-state index in [4.69, 9.17) is 33.0 Å². The minimum Gasteiger partial charge on any atom is -0.494 e. The largest absolute Gasteiger partial charge is 0.494 e. The minimum absolute atomic E-state index is 0.0162. The average Bonchev–Trinajstić information content (AvgIpc) is 3.23. The number of amides is 3. The average molecular weight is 497 g/mol. The van der Waals surface area contributed by atoms with Crippen LogP contribution >= 0.6 is 0 Å². The molecule has 0 aliphatic carbocycles. The van der Waals surface area contributed by atoms with Gasteiger partial charge in [-0.15, -0.1) is 10.2 Å². The molecule has 2 aromatic heterocycles. The number of aryl methyl sites for hydroxylation is 1. The van der Waals surface area contributed by atoms with Crippen molar-refractivity contribution in [3.63, 3.8) is 0 Å². The smallest absolute Gasteiger partial charge is 0.323 e. The van der Waals surface area contributed by atoms with Crippen molar-refractivity contribution in [3.8, 4) is 17.1 Å². The van der Waals surface area contributed by atoms with Gasteiger partial charge in [-0.2, -0.15) is 5.10 Å². The van der Waals surface area contributed by atoms with Gasteiger partial charge in [0.15, 0.2) is 23.1 Å². The summed E-state index contributed by atoms with van der Waals surface area (Å²) in [5.74, 6) is 0.128. The van der Waals surface area contributed by atoms with Gasteiger partial charge in [0.1, 0.15) is 6.33 Å². The van der Waals surface area contributed by atoms with E-state index in [1.165, 1.54) is 13.2 Å². The van der Waals surface area contributed by atoms with Crippen LogP contribution in [0.1, 0.15) is 10.5 Å². The van der Waals surface area contributed by atoms with Crippen LogP contribution in [0, 0.1) is 0 Å². The van der Waals surface area contributed by atoms with Crippen LogP contribution in [0.15, 0.2) is 30.6 Å². The number of likely N-dealkylation sites (tertiary alicyclic amines) is 1. The van der Waals surface area contributed by atoms with Gasteiger partial charge in [0.05, 0.1) is 66.8 Å². The van der Waals surface area contributed by atoms with Gasteiger partial charge in [-0.05, 0) is 12.1 Å². The number of carbonyl (C=O) groups is 2. The Labute approximate surface area is 216 Å². The van der Waals surface area contributed by atoms with Crippen molar-refractivity contribution in [1.29, 1.82) is 0 Å². The molecule has 3 amide bonds. The molecule has 1 aromatic carbocycles. The molecule has 3 heterocycles. The number of nitrogens with one attached hydrogen (secondary N) is 3. The zero-order chi connectivity index (χ0) is 26.7. The van der Waals surface area contributed by atoms with Crippen molar-refractivity contribution in [1.82, 2.24) is 35.2 Å². The molecule has 16 heteroatoms. The molecule has 6 radical (unpaired) electrons. The van der Waals surface area contributed by atoms with Gasteiger partial charge in [0.25, 0.3) is 5.91 Å². The van der Waals surface area contributed by atoms with Crippen molar-refractivity contribution < 1.29 is 19.1 Å². The Balaban J connectivity index is 1.67. The molecule has 1 aliphatic heterocycles. The molecule has 0 unspecified atom stereocenters. The lowest BCUT2D eigenvalue weighted by Crippen LogP contribution is -2.55. The first kappa shape index (κ1) is 26.0. The quantitative estimate of drug-likeness (QED) is 0.358. The third-order valence-corrected chi connectivity index (χ3v) is 5.37. The van der Waals surface area contributed by atoms with E-state index in [1.807, 2.05) is 0 Å². The van der Waals surface area contributed by atoms with Crippen LogP contribution in [0.2, 0.25) is 0 Å². The van der Waals surface area contributed by atoms with Gasteiger partial charge in [0, 0.05) is 20.2 Å². The van der Waals surface area contributed by atoms with Crippen molar-refractivity contribution in [2.75, 3.05) is 37.9 Å². The molecule has 1 aliphatic rings. The highest BCUT2D eigenvalue weighted by molar-refractivity contribution is 6.60. The number of hydrogen-bond donors (Lipinski definition) is 3. The Hall–Kier alpha value is -4.07. The molecule has 0 spiro atoms. The predicted octanol–water partition coefficient (Wildman–Crippen LogP) is -0.267. The molecular formula is C21H22B3N9O4. The minimum atomic E-state index is -2.00.